The smallest absolute Gasteiger partial charge is 0.212 e. The summed E-state index contributed by atoms with van der Waals surface area (Å²) in [5.41, 5.74) is 0.613. The molecule has 0 fully saturated rings. The van der Waals surface area contributed by atoms with Crippen LogP contribution in [0.4, 0.5) is 0 Å². The lowest BCUT2D eigenvalue weighted by atomic mass is 10.2. The minimum atomic E-state index is -3.32. The van der Waals surface area contributed by atoms with Crippen molar-refractivity contribution in [1.29, 1.82) is 0 Å². The quantitative estimate of drug-likeness (QED) is 0.923. The summed E-state index contributed by atoms with van der Waals surface area (Å²) in [6.45, 7) is 3.54. The van der Waals surface area contributed by atoms with E-state index in [-0.39, 0.29) is 11.8 Å². The summed E-state index contributed by atoms with van der Waals surface area (Å²) in [7, 11) is -3.32. The fourth-order valence-corrected chi connectivity index (χ4v) is 2.99. The summed E-state index contributed by atoms with van der Waals surface area (Å²) in [6, 6.07) is 4.68. The lowest BCUT2D eigenvalue weighted by Crippen LogP contribution is -2.31. The van der Waals surface area contributed by atoms with Crippen LogP contribution in [0.3, 0.4) is 0 Å². The van der Waals surface area contributed by atoms with Crippen LogP contribution in [0, 0.1) is 0 Å². The molecule has 0 amide bonds. The Bertz CT molecular complexity index is 472. The van der Waals surface area contributed by atoms with Gasteiger partial charge in [0.15, 0.2) is 0 Å². The average molecular weight is 282 g/mol. The Balaban J connectivity index is 2.84. The molecule has 0 heterocycles. The molecule has 90 valence electrons. The number of hydrogen-bond acceptors (Lipinski definition) is 2. The van der Waals surface area contributed by atoms with Gasteiger partial charge in [0.05, 0.1) is 15.8 Å². The zero-order valence-electron chi connectivity index (χ0n) is 9.00. The van der Waals surface area contributed by atoms with Crippen LogP contribution in [0.1, 0.15) is 19.4 Å². The van der Waals surface area contributed by atoms with E-state index in [9.17, 15) is 8.42 Å². The minimum Gasteiger partial charge on any atom is -0.212 e. The Labute approximate surface area is 106 Å². The van der Waals surface area contributed by atoms with Gasteiger partial charge in [0.2, 0.25) is 10.0 Å². The molecular weight excluding hydrogens is 269 g/mol. The highest BCUT2D eigenvalue weighted by atomic mass is 35.5. The molecule has 0 saturated heterocycles. The fraction of sp³-hybridized carbons (Fsp3) is 0.400. The molecule has 0 aliphatic carbocycles. The van der Waals surface area contributed by atoms with E-state index in [1.807, 2.05) is 0 Å². The molecule has 0 atom stereocenters. The van der Waals surface area contributed by atoms with Crippen molar-refractivity contribution in [1.82, 2.24) is 4.72 Å². The van der Waals surface area contributed by atoms with E-state index in [1.54, 1.807) is 32.0 Å². The molecule has 0 bridgehead atoms. The molecule has 1 aromatic rings. The minimum absolute atomic E-state index is 0.0952. The van der Waals surface area contributed by atoms with E-state index in [0.717, 1.165) is 0 Å². The maximum Gasteiger partial charge on any atom is 0.216 e. The lowest BCUT2D eigenvalue weighted by molar-refractivity contribution is 0.569. The van der Waals surface area contributed by atoms with Crippen molar-refractivity contribution >= 4 is 33.2 Å². The van der Waals surface area contributed by atoms with Crippen molar-refractivity contribution in [2.75, 3.05) is 0 Å². The predicted octanol–water partition coefficient (Wildman–Crippen LogP) is 2.82. The van der Waals surface area contributed by atoms with Gasteiger partial charge in [-0.3, -0.25) is 0 Å². The monoisotopic (exact) mass is 281 g/mol. The Morgan fingerprint density at radius 1 is 1.25 bits per heavy atom. The van der Waals surface area contributed by atoms with Gasteiger partial charge in [0.25, 0.3) is 0 Å². The topological polar surface area (TPSA) is 46.2 Å². The van der Waals surface area contributed by atoms with Gasteiger partial charge in [0.1, 0.15) is 0 Å². The van der Waals surface area contributed by atoms with Gasteiger partial charge in [0, 0.05) is 6.04 Å². The Morgan fingerprint density at radius 2 is 1.88 bits per heavy atom. The third kappa shape index (κ3) is 4.29. The summed E-state index contributed by atoms with van der Waals surface area (Å²) < 4.78 is 25.7. The van der Waals surface area contributed by atoms with Gasteiger partial charge >= 0.3 is 0 Å². The summed E-state index contributed by atoms with van der Waals surface area (Å²) in [6.07, 6.45) is 0. The maximum atomic E-state index is 11.6. The van der Waals surface area contributed by atoms with Crippen molar-refractivity contribution in [2.24, 2.45) is 0 Å². The number of benzene rings is 1. The fourth-order valence-electron chi connectivity index (χ4n) is 1.25. The van der Waals surface area contributed by atoms with Crippen molar-refractivity contribution in [3.8, 4) is 0 Å². The van der Waals surface area contributed by atoms with E-state index >= 15 is 0 Å². The molecule has 6 heteroatoms. The third-order valence-electron chi connectivity index (χ3n) is 1.76. The van der Waals surface area contributed by atoms with Crippen LogP contribution >= 0.6 is 23.2 Å². The zero-order chi connectivity index (χ0) is 12.3. The van der Waals surface area contributed by atoms with Crippen LogP contribution in [0.5, 0.6) is 0 Å². The molecule has 0 saturated carbocycles. The van der Waals surface area contributed by atoms with Gasteiger partial charge < -0.3 is 0 Å². The summed E-state index contributed by atoms with van der Waals surface area (Å²) >= 11 is 11.5. The highest BCUT2D eigenvalue weighted by Gasteiger charge is 2.13. The Hall–Kier alpha value is -0.290. The van der Waals surface area contributed by atoms with Gasteiger partial charge in [-0.05, 0) is 31.5 Å². The molecule has 16 heavy (non-hydrogen) atoms. The van der Waals surface area contributed by atoms with E-state index in [2.05, 4.69) is 4.72 Å². The van der Waals surface area contributed by atoms with E-state index in [4.69, 9.17) is 23.2 Å². The summed E-state index contributed by atoms with van der Waals surface area (Å²) in [5.74, 6) is -0.0952. The number of rotatable bonds is 4. The molecule has 0 radical (unpaired) electrons. The predicted molar refractivity (Wildman–Crippen MR) is 67.4 cm³/mol. The summed E-state index contributed by atoms with van der Waals surface area (Å²) in [4.78, 5) is 0. The molecule has 0 unspecified atom stereocenters. The highest BCUT2D eigenvalue weighted by Crippen LogP contribution is 2.23. The molecule has 0 aliphatic heterocycles. The zero-order valence-corrected chi connectivity index (χ0v) is 11.3. The average Bonchev–Trinajstić information content (AvgIpc) is 2.08. The molecular formula is C10H13Cl2NO2S. The Morgan fingerprint density at radius 3 is 2.38 bits per heavy atom. The molecule has 1 aromatic carbocycles. The van der Waals surface area contributed by atoms with E-state index < -0.39 is 10.0 Å². The van der Waals surface area contributed by atoms with Crippen LogP contribution in [-0.2, 0) is 15.8 Å². The first-order chi connectivity index (χ1) is 7.30. The normalized spacial score (nSPS) is 12.1. The van der Waals surface area contributed by atoms with Crippen molar-refractivity contribution in [3.05, 3.63) is 33.8 Å². The number of hydrogen-bond donors (Lipinski definition) is 1. The van der Waals surface area contributed by atoms with Crippen LogP contribution in [0.2, 0.25) is 10.0 Å². The van der Waals surface area contributed by atoms with Crippen LogP contribution in [0.25, 0.3) is 0 Å². The lowest BCUT2D eigenvalue weighted by Gasteiger charge is -2.09. The maximum absolute atomic E-state index is 11.6. The van der Waals surface area contributed by atoms with E-state index in [1.165, 1.54) is 0 Å². The first-order valence-electron chi connectivity index (χ1n) is 4.74. The number of sulfonamides is 1. The second-order valence-corrected chi connectivity index (χ2v) is 6.35. The van der Waals surface area contributed by atoms with E-state index in [0.29, 0.717) is 15.6 Å². The SMILES string of the molecule is CC(C)NS(=O)(=O)Cc1ccc(Cl)c(Cl)c1. The summed E-state index contributed by atoms with van der Waals surface area (Å²) in [5, 5.41) is 0.776. The Kier molecular flexibility index (Phi) is 4.62. The number of halogens is 2. The molecule has 1 N–H and O–H groups in total. The van der Waals surface area contributed by atoms with Gasteiger partial charge in [-0.25, -0.2) is 13.1 Å². The second-order valence-electron chi connectivity index (χ2n) is 3.78. The van der Waals surface area contributed by atoms with Gasteiger partial charge in [-0.2, -0.15) is 0 Å². The molecule has 3 nitrogen and oxygen atoms in total. The van der Waals surface area contributed by atoms with Crippen molar-refractivity contribution < 1.29 is 8.42 Å². The number of nitrogens with one attached hydrogen (secondary N) is 1. The van der Waals surface area contributed by atoms with Crippen LogP contribution in [-0.4, -0.2) is 14.5 Å². The van der Waals surface area contributed by atoms with Crippen molar-refractivity contribution in [2.45, 2.75) is 25.6 Å². The molecule has 0 spiro atoms. The van der Waals surface area contributed by atoms with Gasteiger partial charge in [-0.15, -0.1) is 0 Å². The second kappa shape index (κ2) is 5.36. The first-order valence-corrected chi connectivity index (χ1v) is 7.15. The highest BCUT2D eigenvalue weighted by molar-refractivity contribution is 7.88. The standard InChI is InChI=1S/C10H13Cl2NO2S/c1-7(2)13-16(14,15)6-8-3-4-9(11)10(12)5-8/h3-5,7,13H,6H2,1-2H3. The largest absolute Gasteiger partial charge is 0.216 e. The van der Waals surface area contributed by atoms with Crippen molar-refractivity contribution in [3.63, 3.8) is 0 Å². The molecule has 1 rings (SSSR count). The van der Waals surface area contributed by atoms with Crippen LogP contribution < -0.4 is 4.72 Å². The van der Waals surface area contributed by atoms with Gasteiger partial charge in [-0.1, -0.05) is 29.3 Å². The third-order valence-corrected chi connectivity index (χ3v) is 4.04. The molecule has 0 aliphatic rings. The molecule has 0 aromatic heterocycles. The first kappa shape index (κ1) is 13.8. The van der Waals surface area contributed by atoms with Crippen LogP contribution in [0.15, 0.2) is 18.2 Å².